The van der Waals surface area contributed by atoms with Crippen LogP contribution in [0.3, 0.4) is 0 Å². The SMILES string of the molecule is C=Cc1c(/C(C)=C/C)cc(N(c2ccc(C)cc2)c2ccc(C)cc2)c2ccccc12. The molecule has 0 amide bonds. The van der Waals surface area contributed by atoms with Crippen LogP contribution in [0.5, 0.6) is 0 Å². The molecule has 0 N–H and O–H groups in total. The molecule has 1 heteroatoms. The Bertz CT molecular complexity index is 1210. The van der Waals surface area contributed by atoms with Crippen LogP contribution in [-0.4, -0.2) is 0 Å². The summed E-state index contributed by atoms with van der Waals surface area (Å²) in [5.74, 6) is 0. The van der Waals surface area contributed by atoms with E-state index in [1.165, 1.54) is 44.3 Å². The third kappa shape index (κ3) is 3.92. The Labute approximate surface area is 186 Å². The Morgan fingerprint density at radius 2 is 1.29 bits per heavy atom. The van der Waals surface area contributed by atoms with E-state index in [9.17, 15) is 0 Å². The number of rotatable bonds is 5. The third-order valence-corrected chi connectivity index (χ3v) is 5.95. The van der Waals surface area contributed by atoms with Crippen molar-refractivity contribution < 1.29 is 0 Å². The summed E-state index contributed by atoms with van der Waals surface area (Å²) in [6, 6.07) is 28.5. The standard InChI is InChI=1S/C30H29N/c1-6-23(5)29-20-30(28-11-9-8-10-27(28)26(29)7-2)31(24-16-12-21(3)13-17-24)25-18-14-22(4)15-19-25/h6-20H,2H2,1,3-5H3/b23-6+. The lowest BCUT2D eigenvalue weighted by Gasteiger charge is -2.28. The molecule has 0 saturated heterocycles. The maximum absolute atomic E-state index is 4.13. The summed E-state index contributed by atoms with van der Waals surface area (Å²) in [6.07, 6.45) is 4.15. The second-order valence-electron chi connectivity index (χ2n) is 8.08. The first kappa shape index (κ1) is 20.7. The van der Waals surface area contributed by atoms with E-state index < -0.39 is 0 Å². The highest BCUT2D eigenvalue weighted by molar-refractivity contribution is 6.05. The van der Waals surface area contributed by atoms with E-state index in [1.54, 1.807) is 0 Å². The second kappa shape index (κ2) is 8.65. The monoisotopic (exact) mass is 403 g/mol. The molecule has 0 spiro atoms. The second-order valence-corrected chi connectivity index (χ2v) is 8.08. The number of hydrogen-bond donors (Lipinski definition) is 0. The van der Waals surface area contributed by atoms with Crippen molar-refractivity contribution in [3.05, 3.63) is 114 Å². The molecule has 0 unspecified atom stereocenters. The lowest BCUT2D eigenvalue weighted by Crippen LogP contribution is -2.11. The average Bonchev–Trinajstić information content (AvgIpc) is 2.80. The van der Waals surface area contributed by atoms with Gasteiger partial charge in [0.25, 0.3) is 0 Å². The number of fused-ring (bicyclic) bond motifs is 1. The number of aryl methyl sites for hydroxylation is 2. The Morgan fingerprint density at radius 3 is 1.77 bits per heavy atom. The highest BCUT2D eigenvalue weighted by atomic mass is 15.1. The van der Waals surface area contributed by atoms with Gasteiger partial charge in [0.2, 0.25) is 0 Å². The van der Waals surface area contributed by atoms with Gasteiger partial charge in [-0.15, -0.1) is 0 Å². The van der Waals surface area contributed by atoms with Gasteiger partial charge < -0.3 is 4.90 Å². The van der Waals surface area contributed by atoms with E-state index in [2.05, 4.69) is 124 Å². The Morgan fingerprint density at radius 1 is 0.774 bits per heavy atom. The zero-order chi connectivity index (χ0) is 22.0. The van der Waals surface area contributed by atoms with E-state index in [0.29, 0.717) is 0 Å². The number of hydrogen-bond acceptors (Lipinski definition) is 1. The van der Waals surface area contributed by atoms with Gasteiger partial charge in [0, 0.05) is 16.8 Å². The summed E-state index contributed by atoms with van der Waals surface area (Å²) in [5, 5.41) is 2.43. The number of anilines is 3. The smallest absolute Gasteiger partial charge is 0.0546 e. The van der Waals surface area contributed by atoms with Crippen LogP contribution >= 0.6 is 0 Å². The molecule has 0 aliphatic heterocycles. The largest absolute Gasteiger partial charge is 0.310 e. The van der Waals surface area contributed by atoms with Crippen molar-refractivity contribution in [2.24, 2.45) is 0 Å². The first-order valence-electron chi connectivity index (χ1n) is 10.8. The molecule has 0 atom stereocenters. The molecule has 4 aromatic carbocycles. The van der Waals surface area contributed by atoms with Gasteiger partial charge in [0.1, 0.15) is 0 Å². The van der Waals surface area contributed by atoms with E-state index in [-0.39, 0.29) is 0 Å². The Kier molecular flexibility index (Phi) is 5.77. The summed E-state index contributed by atoms with van der Waals surface area (Å²) in [6.45, 7) is 12.6. The van der Waals surface area contributed by atoms with Crippen molar-refractivity contribution in [3.63, 3.8) is 0 Å². The zero-order valence-corrected chi connectivity index (χ0v) is 18.8. The molecular weight excluding hydrogens is 374 g/mol. The summed E-state index contributed by atoms with van der Waals surface area (Å²) in [4.78, 5) is 2.36. The van der Waals surface area contributed by atoms with Crippen molar-refractivity contribution in [2.45, 2.75) is 27.7 Å². The molecule has 4 rings (SSSR count). The van der Waals surface area contributed by atoms with Crippen LogP contribution in [0, 0.1) is 13.8 Å². The van der Waals surface area contributed by atoms with Gasteiger partial charge in [0.05, 0.1) is 5.69 Å². The quantitative estimate of drug-likeness (QED) is 0.321. The van der Waals surface area contributed by atoms with Gasteiger partial charge in [-0.3, -0.25) is 0 Å². The highest BCUT2D eigenvalue weighted by Gasteiger charge is 2.19. The van der Waals surface area contributed by atoms with Gasteiger partial charge in [-0.1, -0.05) is 78.4 Å². The van der Waals surface area contributed by atoms with Crippen LogP contribution in [0.15, 0.2) is 91.5 Å². The number of benzene rings is 4. The van der Waals surface area contributed by atoms with Crippen molar-refractivity contribution in [1.82, 2.24) is 0 Å². The maximum atomic E-state index is 4.13. The van der Waals surface area contributed by atoms with Gasteiger partial charge in [-0.2, -0.15) is 0 Å². The number of nitrogens with zero attached hydrogens (tertiary/aromatic N) is 1. The van der Waals surface area contributed by atoms with Crippen LogP contribution in [0.4, 0.5) is 17.1 Å². The summed E-state index contributed by atoms with van der Waals surface area (Å²) in [7, 11) is 0. The summed E-state index contributed by atoms with van der Waals surface area (Å²) >= 11 is 0. The van der Waals surface area contributed by atoms with E-state index in [0.717, 1.165) is 11.4 Å². The van der Waals surface area contributed by atoms with Crippen LogP contribution in [0.1, 0.15) is 36.1 Å². The van der Waals surface area contributed by atoms with Crippen LogP contribution in [0.25, 0.3) is 22.4 Å². The molecule has 0 saturated carbocycles. The van der Waals surface area contributed by atoms with Crippen LogP contribution < -0.4 is 4.90 Å². The van der Waals surface area contributed by atoms with Gasteiger partial charge in [-0.25, -0.2) is 0 Å². The summed E-state index contributed by atoms with van der Waals surface area (Å²) in [5.41, 5.74) is 9.62. The molecule has 31 heavy (non-hydrogen) atoms. The Balaban J connectivity index is 2.09. The zero-order valence-electron chi connectivity index (χ0n) is 18.8. The van der Waals surface area contributed by atoms with Gasteiger partial charge in [-0.05, 0) is 80.1 Å². The van der Waals surface area contributed by atoms with E-state index in [1.807, 2.05) is 6.08 Å². The van der Waals surface area contributed by atoms with Gasteiger partial charge >= 0.3 is 0 Å². The fourth-order valence-electron chi connectivity index (χ4n) is 4.08. The lowest BCUT2D eigenvalue weighted by molar-refractivity contribution is 1.28. The van der Waals surface area contributed by atoms with E-state index in [4.69, 9.17) is 0 Å². The predicted octanol–water partition coefficient (Wildman–Crippen LogP) is 8.99. The normalized spacial score (nSPS) is 11.5. The first-order valence-corrected chi connectivity index (χ1v) is 10.8. The van der Waals surface area contributed by atoms with Gasteiger partial charge in [0.15, 0.2) is 0 Å². The molecule has 0 aromatic heterocycles. The topological polar surface area (TPSA) is 3.24 Å². The highest BCUT2D eigenvalue weighted by Crippen LogP contribution is 2.42. The first-order chi connectivity index (χ1) is 15.0. The summed E-state index contributed by atoms with van der Waals surface area (Å²) < 4.78 is 0. The van der Waals surface area contributed by atoms with Crippen LogP contribution in [-0.2, 0) is 0 Å². The molecule has 4 aromatic rings. The number of allylic oxidation sites excluding steroid dienone is 2. The van der Waals surface area contributed by atoms with Crippen molar-refractivity contribution in [2.75, 3.05) is 4.90 Å². The third-order valence-electron chi connectivity index (χ3n) is 5.95. The minimum Gasteiger partial charge on any atom is -0.310 e. The fraction of sp³-hybridized carbons (Fsp3) is 0.133. The van der Waals surface area contributed by atoms with Crippen molar-refractivity contribution in [1.29, 1.82) is 0 Å². The lowest BCUT2D eigenvalue weighted by atomic mass is 9.92. The van der Waals surface area contributed by atoms with Crippen molar-refractivity contribution >= 4 is 39.5 Å². The molecule has 0 aliphatic rings. The molecule has 0 radical (unpaired) electrons. The maximum Gasteiger partial charge on any atom is 0.0546 e. The molecule has 0 bridgehead atoms. The molecule has 1 nitrogen and oxygen atoms in total. The molecule has 0 heterocycles. The molecular formula is C30H29N. The van der Waals surface area contributed by atoms with E-state index >= 15 is 0 Å². The fourth-order valence-corrected chi connectivity index (χ4v) is 4.08. The Hall–Kier alpha value is -3.58. The van der Waals surface area contributed by atoms with Crippen LogP contribution in [0.2, 0.25) is 0 Å². The molecule has 0 fully saturated rings. The predicted molar refractivity (Wildman–Crippen MR) is 138 cm³/mol. The van der Waals surface area contributed by atoms with Crippen molar-refractivity contribution in [3.8, 4) is 0 Å². The minimum absolute atomic E-state index is 1.15. The molecule has 154 valence electrons. The molecule has 0 aliphatic carbocycles. The average molecular weight is 404 g/mol. The minimum atomic E-state index is 1.15.